The maximum absolute atomic E-state index is 12.9. The predicted octanol–water partition coefficient (Wildman–Crippen LogP) is 1.66. The Hall–Kier alpha value is -3.51. The number of aryl methyl sites for hydroxylation is 1. The molecule has 2 unspecified atom stereocenters. The number of aromatic nitrogens is 4. The summed E-state index contributed by atoms with van der Waals surface area (Å²) in [5.74, 6) is 1.10. The predicted molar refractivity (Wildman–Crippen MR) is 119 cm³/mol. The Kier molecular flexibility index (Phi) is 5.45. The first kappa shape index (κ1) is 20.4. The third-order valence-corrected chi connectivity index (χ3v) is 6.55. The molecule has 0 radical (unpaired) electrons. The molecule has 2 fully saturated rings. The van der Waals surface area contributed by atoms with Crippen LogP contribution in [0.3, 0.4) is 0 Å². The van der Waals surface area contributed by atoms with Crippen LogP contribution in [-0.4, -0.2) is 62.1 Å². The molecule has 32 heavy (non-hydrogen) atoms. The lowest BCUT2D eigenvalue weighted by molar-refractivity contribution is -0.132. The van der Waals surface area contributed by atoms with Gasteiger partial charge < -0.3 is 15.1 Å². The lowest BCUT2D eigenvalue weighted by Gasteiger charge is -2.41. The van der Waals surface area contributed by atoms with Crippen molar-refractivity contribution in [1.82, 2.24) is 29.8 Å². The number of pyridine rings is 2. The highest BCUT2D eigenvalue weighted by Crippen LogP contribution is 2.34. The Morgan fingerprint density at radius 3 is 2.72 bits per heavy atom. The van der Waals surface area contributed by atoms with Crippen molar-refractivity contribution in [3.8, 4) is 6.07 Å². The second-order valence-corrected chi connectivity index (χ2v) is 8.53. The summed E-state index contributed by atoms with van der Waals surface area (Å²) < 4.78 is 1.85. The van der Waals surface area contributed by atoms with Gasteiger partial charge in [0.1, 0.15) is 18.2 Å². The van der Waals surface area contributed by atoms with Gasteiger partial charge >= 0.3 is 0 Å². The summed E-state index contributed by atoms with van der Waals surface area (Å²) in [6.07, 6.45) is 5.79. The Bertz CT molecular complexity index is 1150. The minimum atomic E-state index is 0.192. The molecule has 5 heterocycles. The number of rotatable bonds is 6. The van der Waals surface area contributed by atoms with Gasteiger partial charge in [0, 0.05) is 50.9 Å². The summed E-state index contributed by atoms with van der Waals surface area (Å²) in [4.78, 5) is 25.9. The normalized spacial score (nSPS) is 20.0. The first-order chi connectivity index (χ1) is 15.6. The fourth-order valence-corrected chi connectivity index (χ4v) is 4.89. The van der Waals surface area contributed by atoms with Gasteiger partial charge in [0.25, 0.3) is 0 Å². The van der Waals surface area contributed by atoms with E-state index in [1.807, 2.05) is 33.7 Å². The number of nitrogens with one attached hydrogen (secondary N) is 1. The number of carbonyl (C=O) groups excluding carboxylic acids is 1. The monoisotopic (exact) mass is 430 g/mol. The van der Waals surface area contributed by atoms with Crippen molar-refractivity contribution >= 4 is 17.4 Å². The van der Waals surface area contributed by atoms with E-state index in [-0.39, 0.29) is 5.91 Å². The molecule has 0 aliphatic carbocycles. The molecule has 2 atom stereocenters. The zero-order valence-electron chi connectivity index (χ0n) is 18.1. The van der Waals surface area contributed by atoms with Crippen LogP contribution in [0.15, 0.2) is 36.8 Å². The summed E-state index contributed by atoms with van der Waals surface area (Å²) in [6, 6.07) is 10.4. The number of amides is 1. The number of hydrogen-bond donors (Lipinski definition) is 1. The maximum Gasteiger partial charge on any atom is 0.223 e. The van der Waals surface area contributed by atoms with Crippen LogP contribution in [0.25, 0.3) is 5.65 Å². The Balaban J connectivity index is 1.15. The molecule has 0 spiro atoms. The first-order valence-electron chi connectivity index (χ1n) is 11.1. The zero-order chi connectivity index (χ0) is 22.1. The molecular weight excluding hydrogens is 404 g/mol. The van der Waals surface area contributed by atoms with Crippen LogP contribution >= 0.6 is 0 Å². The van der Waals surface area contributed by atoms with E-state index in [0.29, 0.717) is 37.2 Å². The minimum absolute atomic E-state index is 0.192. The fourth-order valence-electron chi connectivity index (χ4n) is 4.89. The highest BCUT2D eigenvalue weighted by atomic mass is 16.2. The maximum atomic E-state index is 12.9. The van der Waals surface area contributed by atoms with Crippen LogP contribution in [0.1, 0.15) is 36.1 Å². The molecule has 9 nitrogen and oxygen atoms in total. The summed E-state index contributed by atoms with van der Waals surface area (Å²) in [5, 5.41) is 16.7. The van der Waals surface area contributed by atoms with Gasteiger partial charge in [-0.3, -0.25) is 4.79 Å². The largest absolute Gasteiger partial charge is 0.347 e. The van der Waals surface area contributed by atoms with Crippen LogP contribution in [0.4, 0.5) is 5.82 Å². The van der Waals surface area contributed by atoms with Crippen molar-refractivity contribution < 1.29 is 4.79 Å². The molecule has 2 saturated heterocycles. The van der Waals surface area contributed by atoms with Crippen molar-refractivity contribution in [3.05, 3.63) is 53.6 Å². The number of nitriles is 1. The molecule has 5 rings (SSSR count). The van der Waals surface area contributed by atoms with E-state index in [1.165, 1.54) is 0 Å². The molecule has 0 aromatic carbocycles. The number of anilines is 1. The van der Waals surface area contributed by atoms with Crippen LogP contribution in [-0.2, 0) is 11.3 Å². The van der Waals surface area contributed by atoms with Crippen molar-refractivity contribution in [2.24, 2.45) is 0 Å². The van der Waals surface area contributed by atoms with Gasteiger partial charge in [-0.15, -0.1) is 0 Å². The second-order valence-electron chi connectivity index (χ2n) is 8.53. The van der Waals surface area contributed by atoms with Gasteiger partial charge in [-0.2, -0.15) is 10.4 Å². The van der Waals surface area contributed by atoms with E-state index in [0.717, 1.165) is 48.7 Å². The molecule has 9 heteroatoms. The average Bonchev–Trinajstić information content (AvgIpc) is 3.39. The fraction of sp³-hybridized carbons (Fsp3) is 0.435. The van der Waals surface area contributed by atoms with E-state index < -0.39 is 0 Å². The Morgan fingerprint density at radius 2 is 2.00 bits per heavy atom. The molecule has 2 aliphatic heterocycles. The lowest BCUT2D eigenvalue weighted by Crippen LogP contribution is -2.56. The highest BCUT2D eigenvalue weighted by molar-refractivity contribution is 5.77. The number of piperazine rings is 1. The van der Waals surface area contributed by atoms with E-state index in [1.54, 1.807) is 12.5 Å². The molecular formula is C23H26N8O. The van der Waals surface area contributed by atoms with E-state index in [2.05, 4.69) is 38.3 Å². The number of nitrogens with zero attached hydrogens (tertiary/aromatic N) is 7. The molecule has 3 aromatic rings. The van der Waals surface area contributed by atoms with Crippen molar-refractivity contribution in [3.63, 3.8) is 0 Å². The topological polar surface area (TPSA) is 102 Å². The van der Waals surface area contributed by atoms with E-state index >= 15 is 0 Å². The second kappa shape index (κ2) is 8.55. The molecule has 164 valence electrons. The van der Waals surface area contributed by atoms with Crippen LogP contribution in [0.2, 0.25) is 0 Å². The number of hydrogen-bond acceptors (Lipinski definition) is 7. The van der Waals surface area contributed by atoms with Crippen LogP contribution in [0, 0.1) is 18.3 Å². The Labute approximate surface area is 186 Å². The van der Waals surface area contributed by atoms with Gasteiger partial charge in [0.15, 0.2) is 5.65 Å². The van der Waals surface area contributed by atoms with E-state index in [9.17, 15) is 4.79 Å². The average molecular weight is 431 g/mol. The van der Waals surface area contributed by atoms with Crippen LogP contribution < -0.4 is 10.2 Å². The molecule has 2 aliphatic rings. The van der Waals surface area contributed by atoms with Crippen molar-refractivity contribution in [1.29, 1.82) is 5.26 Å². The summed E-state index contributed by atoms with van der Waals surface area (Å²) in [7, 11) is 0. The summed E-state index contributed by atoms with van der Waals surface area (Å²) in [5.41, 5.74) is 3.60. The van der Waals surface area contributed by atoms with Gasteiger partial charge in [-0.25, -0.2) is 14.5 Å². The first-order valence-corrected chi connectivity index (χ1v) is 11.1. The summed E-state index contributed by atoms with van der Waals surface area (Å²) in [6.45, 7) is 4.78. The standard InChI is InChI=1S/C23H26N8O/c1-16-2-6-22-27-15-28-31(22)20(16)12-25-9-8-23(32)29-13-18-4-5-19(14-29)30(18)21-7-3-17(10-24)11-26-21/h2-3,6-7,11,15,18-19,25H,4-5,8-9,12-14H2,1H3. The molecule has 3 aromatic heterocycles. The molecule has 2 bridgehead atoms. The van der Waals surface area contributed by atoms with Gasteiger partial charge in [-0.05, 0) is 43.5 Å². The van der Waals surface area contributed by atoms with Gasteiger partial charge in [0.2, 0.25) is 5.91 Å². The molecule has 0 saturated carbocycles. The minimum Gasteiger partial charge on any atom is -0.347 e. The zero-order valence-corrected chi connectivity index (χ0v) is 18.1. The SMILES string of the molecule is Cc1ccc2ncnn2c1CNCCC(=O)N1CC2CCC(C1)N2c1ccc(C#N)cn1. The third-order valence-electron chi connectivity index (χ3n) is 6.55. The van der Waals surface area contributed by atoms with Crippen molar-refractivity contribution in [2.75, 3.05) is 24.5 Å². The van der Waals surface area contributed by atoms with Crippen molar-refractivity contribution in [2.45, 2.75) is 44.8 Å². The van der Waals surface area contributed by atoms with E-state index in [4.69, 9.17) is 5.26 Å². The number of likely N-dealkylation sites (tertiary alicyclic amines) is 1. The summed E-state index contributed by atoms with van der Waals surface area (Å²) >= 11 is 0. The van der Waals surface area contributed by atoms with Gasteiger partial charge in [-0.1, -0.05) is 6.07 Å². The highest BCUT2D eigenvalue weighted by Gasteiger charge is 2.41. The third kappa shape index (κ3) is 3.78. The van der Waals surface area contributed by atoms with Crippen LogP contribution in [0.5, 0.6) is 0 Å². The molecule has 1 amide bonds. The number of carbonyl (C=O) groups is 1. The molecule has 1 N–H and O–H groups in total. The smallest absolute Gasteiger partial charge is 0.223 e. The quantitative estimate of drug-likeness (QED) is 0.594. The number of fused-ring (bicyclic) bond motifs is 3. The Morgan fingerprint density at radius 1 is 1.19 bits per heavy atom. The van der Waals surface area contributed by atoms with Gasteiger partial charge in [0.05, 0.1) is 11.3 Å². The lowest BCUT2D eigenvalue weighted by atomic mass is 10.1.